The molecule has 102 valence electrons. The summed E-state index contributed by atoms with van der Waals surface area (Å²) in [5.74, 6) is 0.841. The van der Waals surface area contributed by atoms with Gasteiger partial charge in [0.2, 0.25) is 0 Å². The van der Waals surface area contributed by atoms with E-state index in [1.807, 2.05) is 0 Å². The van der Waals surface area contributed by atoms with Crippen molar-refractivity contribution in [3.05, 3.63) is 36.0 Å². The van der Waals surface area contributed by atoms with Crippen LogP contribution in [-0.2, 0) is 6.42 Å². The van der Waals surface area contributed by atoms with Crippen molar-refractivity contribution < 1.29 is 0 Å². The van der Waals surface area contributed by atoms with Crippen molar-refractivity contribution in [2.24, 2.45) is 5.92 Å². The number of nitrogens with zero attached hydrogens (tertiary/aromatic N) is 1. The Balaban J connectivity index is 1.58. The van der Waals surface area contributed by atoms with E-state index in [0.29, 0.717) is 0 Å². The fraction of sp³-hybridized carbons (Fsp3) is 0.500. The largest absolute Gasteiger partial charge is 0.361 e. The van der Waals surface area contributed by atoms with Crippen molar-refractivity contribution in [1.29, 1.82) is 0 Å². The summed E-state index contributed by atoms with van der Waals surface area (Å²) < 4.78 is 0. The lowest BCUT2D eigenvalue weighted by Gasteiger charge is -2.15. The minimum absolute atomic E-state index is 0.841. The van der Waals surface area contributed by atoms with E-state index in [0.717, 1.165) is 18.9 Å². The number of hydrogen-bond acceptors (Lipinski definition) is 2. The summed E-state index contributed by atoms with van der Waals surface area (Å²) >= 11 is 0. The van der Waals surface area contributed by atoms with Crippen LogP contribution in [0, 0.1) is 5.92 Å². The predicted molar refractivity (Wildman–Crippen MR) is 80.5 cm³/mol. The molecule has 3 rings (SSSR count). The topological polar surface area (TPSA) is 31.1 Å². The van der Waals surface area contributed by atoms with Crippen molar-refractivity contribution in [1.82, 2.24) is 15.2 Å². The molecule has 3 nitrogen and oxygen atoms in total. The van der Waals surface area contributed by atoms with Gasteiger partial charge in [0.1, 0.15) is 0 Å². The number of para-hydroxylation sites is 1. The summed E-state index contributed by atoms with van der Waals surface area (Å²) in [7, 11) is 2.05. The molecule has 0 aliphatic carbocycles. The smallest absolute Gasteiger partial charge is 0.0456 e. The molecule has 1 unspecified atom stereocenters. The van der Waals surface area contributed by atoms with Gasteiger partial charge in [0.15, 0.2) is 0 Å². The van der Waals surface area contributed by atoms with Gasteiger partial charge in [-0.2, -0.15) is 0 Å². The summed E-state index contributed by atoms with van der Waals surface area (Å²) in [5.41, 5.74) is 2.71. The van der Waals surface area contributed by atoms with E-state index < -0.39 is 0 Å². The Morgan fingerprint density at radius 2 is 2.26 bits per heavy atom. The highest BCUT2D eigenvalue weighted by Gasteiger charge is 2.21. The maximum absolute atomic E-state index is 3.36. The second-order valence-electron chi connectivity index (χ2n) is 5.62. The molecule has 2 N–H and O–H groups in total. The van der Waals surface area contributed by atoms with Gasteiger partial charge in [0.25, 0.3) is 0 Å². The highest BCUT2D eigenvalue weighted by Crippen LogP contribution is 2.20. The Labute approximate surface area is 115 Å². The summed E-state index contributed by atoms with van der Waals surface area (Å²) in [4.78, 5) is 5.97. The van der Waals surface area contributed by atoms with Crippen LogP contribution >= 0.6 is 0 Å². The van der Waals surface area contributed by atoms with Gasteiger partial charge in [-0.3, -0.25) is 0 Å². The van der Waals surface area contributed by atoms with Gasteiger partial charge in [-0.25, -0.2) is 0 Å². The average Bonchev–Trinajstić information content (AvgIpc) is 3.04. The van der Waals surface area contributed by atoms with Crippen LogP contribution in [0.2, 0.25) is 0 Å². The van der Waals surface area contributed by atoms with Crippen molar-refractivity contribution in [3.63, 3.8) is 0 Å². The first-order valence-corrected chi connectivity index (χ1v) is 7.29. The van der Waals surface area contributed by atoms with E-state index in [2.05, 4.69) is 52.7 Å². The molecule has 1 atom stereocenters. The van der Waals surface area contributed by atoms with Crippen molar-refractivity contribution in [2.45, 2.75) is 12.8 Å². The van der Waals surface area contributed by atoms with E-state index in [4.69, 9.17) is 0 Å². The zero-order valence-corrected chi connectivity index (χ0v) is 11.7. The van der Waals surface area contributed by atoms with Crippen LogP contribution in [0.3, 0.4) is 0 Å². The molecule has 0 bridgehead atoms. The normalized spacial score (nSPS) is 20.4. The summed E-state index contributed by atoms with van der Waals surface area (Å²) in [6.45, 7) is 4.85. The minimum atomic E-state index is 0.841. The Morgan fingerprint density at radius 3 is 3.16 bits per heavy atom. The molecule has 1 aliphatic heterocycles. The molecule has 2 aromatic rings. The molecule has 2 heterocycles. The van der Waals surface area contributed by atoms with Crippen LogP contribution in [0.25, 0.3) is 10.9 Å². The van der Waals surface area contributed by atoms with Gasteiger partial charge in [0.05, 0.1) is 0 Å². The minimum Gasteiger partial charge on any atom is -0.361 e. The second kappa shape index (κ2) is 5.76. The van der Waals surface area contributed by atoms with Crippen LogP contribution in [0.4, 0.5) is 0 Å². The molecule has 19 heavy (non-hydrogen) atoms. The zero-order valence-electron chi connectivity index (χ0n) is 11.7. The molecule has 0 spiro atoms. The Hall–Kier alpha value is -1.32. The van der Waals surface area contributed by atoms with Gasteiger partial charge in [-0.1, -0.05) is 18.2 Å². The number of benzene rings is 1. The molecule has 1 saturated heterocycles. The predicted octanol–water partition coefficient (Wildman–Crippen LogP) is 2.25. The number of rotatable bonds is 5. The standard InChI is InChI=1S/C16H23N3/c1-17-10-13-6-8-19(12-13)9-7-14-11-18-16-5-3-2-4-15(14)16/h2-5,11,13,17-18H,6-10,12H2,1H3. The van der Waals surface area contributed by atoms with Crippen LogP contribution in [0.5, 0.6) is 0 Å². The molecule has 0 amide bonds. The number of aromatic nitrogens is 1. The lowest BCUT2D eigenvalue weighted by Crippen LogP contribution is -2.26. The Morgan fingerprint density at radius 1 is 1.37 bits per heavy atom. The molecule has 1 aliphatic rings. The van der Waals surface area contributed by atoms with Gasteiger partial charge in [0, 0.05) is 30.2 Å². The molecule has 3 heteroatoms. The SMILES string of the molecule is CNCC1CCN(CCc2c[nH]c3ccccc23)C1. The summed E-state index contributed by atoms with van der Waals surface area (Å²) in [6, 6.07) is 8.58. The summed E-state index contributed by atoms with van der Waals surface area (Å²) in [5, 5.41) is 4.68. The van der Waals surface area contributed by atoms with Gasteiger partial charge < -0.3 is 15.2 Å². The first kappa shape index (κ1) is 12.7. The highest BCUT2D eigenvalue weighted by atomic mass is 15.1. The number of likely N-dealkylation sites (tertiary alicyclic amines) is 1. The average molecular weight is 257 g/mol. The molecule has 1 aromatic carbocycles. The lowest BCUT2D eigenvalue weighted by molar-refractivity contribution is 0.327. The van der Waals surface area contributed by atoms with Crippen molar-refractivity contribution >= 4 is 10.9 Å². The van der Waals surface area contributed by atoms with Crippen LogP contribution in [0.1, 0.15) is 12.0 Å². The number of H-pyrrole nitrogens is 1. The monoisotopic (exact) mass is 257 g/mol. The van der Waals surface area contributed by atoms with E-state index >= 15 is 0 Å². The van der Waals surface area contributed by atoms with Crippen LogP contribution < -0.4 is 5.32 Å². The van der Waals surface area contributed by atoms with Gasteiger partial charge in [-0.05, 0) is 50.5 Å². The number of nitrogens with one attached hydrogen (secondary N) is 2. The van der Waals surface area contributed by atoms with Crippen LogP contribution in [-0.4, -0.2) is 43.1 Å². The zero-order chi connectivity index (χ0) is 13.1. The number of hydrogen-bond donors (Lipinski definition) is 2. The molecule has 0 saturated carbocycles. The highest BCUT2D eigenvalue weighted by molar-refractivity contribution is 5.83. The maximum atomic E-state index is 3.36. The molecule has 1 fully saturated rings. The number of fused-ring (bicyclic) bond motifs is 1. The quantitative estimate of drug-likeness (QED) is 0.861. The van der Waals surface area contributed by atoms with E-state index in [-0.39, 0.29) is 0 Å². The van der Waals surface area contributed by atoms with E-state index in [9.17, 15) is 0 Å². The van der Waals surface area contributed by atoms with Gasteiger partial charge >= 0.3 is 0 Å². The van der Waals surface area contributed by atoms with E-state index in [1.54, 1.807) is 0 Å². The maximum Gasteiger partial charge on any atom is 0.0456 e. The number of aromatic amines is 1. The third-order valence-corrected chi connectivity index (χ3v) is 4.24. The second-order valence-corrected chi connectivity index (χ2v) is 5.62. The first-order chi connectivity index (χ1) is 9.36. The van der Waals surface area contributed by atoms with Crippen molar-refractivity contribution in [3.8, 4) is 0 Å². The van der Waals surface area contributed by atoms with Gasteiger partial charge in [-0.15, -0.1) is 0 Å². The third kappa shape index (κ3) is 2.82. The summed E-state index contributed by atoms with van der Waals surface area (Å²) in [6.07, 6.45) is 4.66. The fourth-order valence-electron chi connectivity index (χ4n) is 3.19. The lowest BCUT2D eigenvalue weighted by atomic mass is 10.1. The molecular formula is C16H23N3. The van der Waals surface area contributed by atoms with E-state index in [1.165, 1.54) is 42.5 Å². The fourth-order valence-corrected chi connectivity index (χ4v) is 3.19. The Kier molecular flexibility index (Phi) is 3.85. The Bertz CT molecular complexity index is 532. The third-order valence-electron chi connectivity index (χ3n) is 4.24. The molecular weight excluding hydrogens is 234 g/mol. The molecule has 1 aromatic heterocycles. The van der Waals surface area contributed by atoms with Crippen molar-refractivity contribution in [2.75, 3.05) is 33.2 Å². The first-order valence-electron chi connectivity index (χ1n) is 7.29. The molecule has 0 radical (unpaired) electrons. The van der Waals surface area contributed by atoms with Crippen LogP contribution in [0.15, 0.2) is 30.5 Å².